The van der Waals surface area contributed by atoms with Gasteiger partial charge in [-0.25, -0.2) is 0 Å². The Hall–Kier alpha value is -1.96. The average molecular weight is 398 g/mol. The second-order valence-corrected chi connectivity index (χ2v) is 7.01. The van der Waals surface area contributed by atoms with E-state index in [1.54, 1.807) is 0 Å². The van der Waals surface area contributed by atoms with Gasteiger partial charge in [0.05, 0.1) is 15.2 Å². The maximum absolute atomic E-state index is 6.27. The van der Waals surface area contributed by atoms with Crippen molar-refractivity contribution >= 4 is 46.3 Å². The van der Waals surface area contributed by atoms with Gasteiger partial charge in [-0.15, -0.1) is 0 Å². The predicted molar refractivity (Wildman–Crippen MR) is 116 cm³/mol. The summed E-state index contributed by atoms with van der Waals surface area (Å²) in [5.74, 6) is 0. The Morgan fingerprint density at radius 1 is 0.808 bits per heavy atom. The minimum atomic E-state index is 0.455. The Morgan fingerprint density at radius 3 is 1.73 bits per heavy atom. The van der Waals surface area contributed by atoms with Gasteiger partial charge >= 0.3 is 0 Å². The first-order valence-electron chi connectivity index (χ1n) is 8.39. The second-order valence-electron chi connectivity index (χ2n) is 6.02. The molecule has 130 valence electrons. The molecule has 0 amide bonds. The van der Waals surface area contributed by atoms with Gasteiger partial charge in [-0.1, -0.05) is 85.1 Å². The largest absolute Gasteiger partial charge is 0.192 e. The van der Waals surface area contributed by atoms with E-state index in [1.165, 1.54) is 16.7 Å². The van der Waals surface area contributed by atoms with Crippen LogP contribution in [0.2, 0.25) is 10.0 Å². The van der Waals surface area contributed by atoms with Gasteiger partial charge in [-0.3, -0.25) is 0 Å². The molecular weight excluding hydrogens is 381 g/mol. The number of aryl methyl sites for hydroxylation is 1. The summed E-state index contributed by atoms with van der Waals surface area (Å²) in [6.07, 6.45) is 2.28. The predicted octanol–water partition coefficient (Wildman–Crippen LogP) is 8.01. The van der Waals surface area contributed by atoms with Crippen LogP contribution in [0.5, 0.6) is 0 Å². The van der Waals surface area contributed by atoms with Crippen molar-refractivity contribution in [2.24, 2.45) is 4.99 Å². The lowest BCUT2D eigenvalue weighted by Gasteiger charge is -2.08. The van der Waals surface area contributed by atoms with Crippen molar-refractivity contribution in [2.45, 2.75) is 19.8 Å². The highest BCUT2D eigenvalue weighted by Crippen LogP contribution is 2.37. The van der Waals surface area contributed by atoms with Gasteiger partial charge in [-0.2, -0.15) is 4.99 Å². The third kappa shape index (κ3) is 4.23. The molecule has 0 radical (unpaired) electrons. The van der Waals surface area contributed by atoms with Crippen LogP contribution in [0.15, 0.2) is 65.7 Å². The molecule has 1 nitrogen and oxygen atoms in total. The van der Waals surface area contributed by atoms with Crippen LogP contribution in [0, 0.1) is 0 Å². The van der Waals surface area contributed by atoms with E-state index in [1.807, 2.05) is 12.1 Å². The first-order valence-corrected chi connectivity index (χ1v) is 9.55. The minimum Gasteiger partial charge on any atom is -0.192 e. The summed E-state index contributed by atoms with van der Waals surface area (Å²) in [7, 11) is 0. The quantitative estimate of drug-likeness (QED) is 0.313. The van der Waals surface area contributed by atoms with Crippen molar-refractivity contribution in [2.75, 3.05) is 0 Å². The van der Waals surface area contributed by atoms with Gasteiger partial charge in [0.2, 0.25) is 0 Å². The fourth-order valence-corrected chi connectivity index (χ4v) is 3.56. The summed E-state index contributed by atoms with van der Waals surface area (Å²) in [5, 5.41) is 3.22. The summed E-state index contributed by atoms with van der Waals surface area (Å²) in [4.78, 5) is 3.92. The Balaban J connectivity index is 1.89. The molecule has 3 aromatic carbocycles. The lowest BCUT2D eigenvalue weighted by Crippen LogP contribution is -1.84. The molecule has 3 rings (SSSR count). The summed E-state index contributed by atoms with van der Waals surface area (Å²) in [6, 6.07) is 20.8. The van der Waals surface area contributed by atoms with Crippen molar-refractivity contribution in [1.82, 2.24) is 0 Å². The molecule has 0 aliphatic carbocycles. The smallest absolute Gasteiger partial charge is 0.111 e. The Kier molecular flexibility index (Phi) is 6.24. The first kappa shape index (κ1) is 18.8. The molecule has 0 spiro atoms. The van der Waals surface area contributed by atoms with Gasteiger partial charge in [0.1, 0.15) is 5.69 Å². The first-order chi connectivity index (χ1) is 12.6. The molecule has 0 saturated heterocycles. The number of aliphatic imine (C=N–C) groups is 1. The van der Waals surface area contributed by atoms with E-state index in [0.717, 1.165) is 24.0 Å². The topological polar surface area (TPSA) is 12.4 Å². The molecule has 0 aromatic heterocycles. The van der Waals surface area contributed by atoms with E-state index in [9.17, 15) is 0 Å². The summed E-state index contributed by atoms with van der Waals surface area (Å²) in [5.41, 5.74) is 6.19. The molecular formula is C22H17Cl2NS. The molecule has 0 bridgehead atoms. The van der Waals surface area contributed by atoms with Gasteiger partial charge in [-0.05, 0) is 58.6 Å². The van der Waals surface area contributed by atoms with Gasteiger partial charge in [0.15, 0.2) is 0 Å². The lowest BCUT2D eigenvalue weighted by molar-refractivity contribution is 0.922. The molecule has 0 heterocycles. The van der Waals surface area contributed by atoms with E-state index in [-0.39, 0.29) is 0 Å². The Morgan fingerprint density at radius 2 is 1.27 bits per heavy atom. The molecule has 0 aliphatic heterocycles. The van der Waals surface area contributed by atoms with Crippen LogP contribution in [0.25, 0.3) is 22.3 Å². The number of nitrogens with zero attached hydrogens (tertiary/aromatic N) is 1. The molecule has 0 fully saturated rings. The fraction of sp³-hybridized carbons (Fsp3) is 0.136. The third-order valence-electron chi connectivity index (χ3n) is 4.22. The molecule has 3 aromatic rings. The number of isothiocyanates is 1. The maximum Gasteiger partial charge on any atom is 0.111 e. The molecule has 4 heteroatoms. The van der Waals surface area contributed by atoms with Gasteiger partial charge in [0.25, 0.3) is 0 Å². The minimum absolute atomic E-state index is 0.455. The van der Waals surface area contributed by atoms with E-state index in [0.29, 0.717) is 15.7 Å². The van der Waals surface area contributed by atoms with Crippen LogP contribution in [0.3, 0.4) is 0 Å². The van der Waals surface area contributed by atoms with E-state index < -0.39 is 0 Å². The van der Waals surface area contributed by atoms with Crippen LogP contribution in [0.4, 0.5) is 5.69 Å². The molecule has 0 atom stereocenters. The van der Waals surface area contributed by atoms with Crippen LogP contribution >= 0.6 is 35.4 Å². The molecule has 0 saturated carbocycles. The number of rotatable bonds is 5. The highest BCUT2D eigenvalue weighted by molar-refractivity contribution is 7.78. The van der Waals surface area contributed by atoms with Crippen LogP contribution < -0.4 is 0 Å². The van der Waals surface area contributed by atoms with Crippen LogP contribution in [-0.4, -0.2) is 5.16 Å². The molecule has 0 aliphatic rings. The zero-order valence-electron chi connectivity index (χ0n) is 14.3. The number of hydrogen-bond donors (Lipinski definition) is 0. The lowest BCUT2D eigenvalue weighted by atomic mass is 9.99. The van der Waals surface area contributed by atoms with Gasteiger partial charge in [0, 0.05) is 0 Å². The highest BCUT2D eigenvalue weighted by atomic mass is 35.5. The van der Waals surface area contributed by atoms with E-state index in [2.05, 4.69) is 77.8 Å². The Bertz CT molecular complexity index is 933. The van der Waals surface area contributed by atoms with E-state index >= 15 is 0 Å². The molecule has 26 heavy (non-hydrogen) atoms. The van der Waals surface area contributed by atoms with Crippen molar-refractivity contribution in [3.8, 4) is 22.3 Å². The van der Waals surface area contributed by atoms with E-state index in [4.69, 9.17) is 23.2 Å². The zero-order chi connectivity index (χ0) is 18.5. The monoisotopic (exact) mass is 397 g/mol. The van der Waals surface area contributed by atoms with Crippen molar-refractivity contribution in [3.05, 3.63) is 76.3 Å². The summed E-state index contributed by atoms with van der Waals surface area (Å²) >= 11 is 17.2. The van der Waals surface area contributed by atoms with Crippen LogP contribution in [0.1, 0.15) is 18.9 Å². The maximum atomic E-state index is 6.27. The second kappa shape index (κ2) is 8.62. The number of benzene rings is 3. The highest BCUT2D eigenvalue weighted by Gasteiger charge is 2.09. The Labute approximate surface area is 169 Å². The third-order valence-corrected chi connectivity index (χ3v) is 4.89. The summed E-state index contributed by atoms with van der Waals surface area (Å²) in [6.45, 7) is 2.19. The average Bonchev–Trinajstić information content (AvgIpc) is 2.66. The normalized spacial score (nSPS) is 10.4. The standard InChI is InChI=1S/C22H17Cl2NS/c1-2-3-15-4-6-16(7-5-15)17-8-10-18(11-9-17)19-12-20(23)22(25-14-26)21(24)13-19/h4-13H,2-3H2,1H3. The number of hydrogen-bond acceptors (Lipinski definition) is 2. The fourth-order valence-electron chi connectivity index (χ4n) is 2.89. The van der Waals surface area contributed by atoms with Crippen molar-refractivity contribution < 1.29 is 0 Å². The number of halogens is 2. The SMILES string of the molecule is CCCc1ccc(-c2ccc(-c3cc(Cl)c(N=C=S)c(Cl)c3)cc2)cc1. The molecule has 0 unspecified atom stereocenters. The molecule has 0 N–H and O–H groups in total. The summed E-state index contributed by atoms with van der Waals surface area (Å²) < 4.78 is 0. The zero-order valence-corrected chi connectivity index (χ0v) is 16.6. The number of thiocarbonyl (C=S) groups is 1. The van der Waals surface area contributed by atoms with Crippen molar-refractivity contribution in [1.29, 1.82) is 0 Å². The van der Waals surface area contributed by atoms with Gasteiger partial charge < -0.3 is 0 Å². The van der Waals surface area contributed by atoms with Crippen molar-refractivity contribution in [3.63, 3.8) is 0 Å². The van der Waals surface area contributed by atoms with Crippen LogP contribution in [-0.2, 0) is 6.42 Å².